The highest BCUT2D eigenvalue weighted by molar-refractivity contribution is 7.13. The minimum Gasteiger partial charge on any atom is -0.316 e. The minimum atomic E-state index is 0.478. The maximum atomic E-state index is 5.86. The summed E-state index contributed by atoms with van der Waals surface area (Å²) in [6.45, 7) is 6.48. The Kier molecular flexibility index (Phi) is 7.79. The van der Waals surface area contributed by atoms with Crippen molar-refractivity contribution in [3.8, 4) is 0 Å². The topological polar surface area (TPSA) is 49.8 Å². The smallest absolute Gasteiger partial charge is 0.188 e. The predicted octanol–water partition coefficient (Wildman–Crippen LogP) is 5.21. The van der Waals surface area contributed by atoms with Crippen molar-refractivity contribution >= 4 is 33.9 Å². The van der Waals surface area contributed by atoms with Crippen molar-refractivity contribution in [1.29, 1.82) is 0 Å². The zero-order valence-electron chi connectivity index (χ0n) is 13.8. The van der Waals surface area contributed by atoms with Crippen LogP contribution in [0.25, 0.3) is 0 Å². The molecule has 2 aromatic heterocycles. The van der Waals surface area contributed by atoms with Gasteiger partial charge in [-0.25, -0.2) is 9.97 Å². The van der Waals surface area contributed by atoms with Crippen LogP contribution in [-0.2, 0) is 0 Å². The van der Waals surface area contributed by atoms with Gasteiger partial charge in [0.1, 0.15) is 5.82 Å². The average Bonchev–Trinajstić information content (AvgIpc) is 3.01. The molecule has 2 rings (SSSR count). The highest BCUT2D eigenvalue weighted by Crippen LogP contribution is 2.27. The van der Waals surface area contributed by atoms with Crippen LogP contribution < -0.4 is 10.6 Å². The highest BCUT2D eigenvalue weighted by Gasteiger charge is 2.15. The van der Waals surface area contributed by atoms with Gasteiger partial charge < -0.3 is 10.6 Å². The number of unbranched alkanes of at least 4 members (excludes halogenated alkanes) is 1. The Morgan fingerprint density at radius 2 is 2.13 bits per heavy atom. The molecule has 2 aromatic rings. The van der Waals surface area contributed by atoms with Crippen LogP contribution >= 0.6 is 22.9 Å². The number of nitrogens with zero attached hydrogens (tertiary/aromatic N) is 2. The second-order valence-corrected chi connectivity index (χ2v) is 6.90. The third kappa shape index (κ3) is 6.09. The Hall–Kier alpha value is -1.17. The van der Waals surface area contributed by atoms with Crippen molar-refractivity contribution < 1.29 is 0 Å². The van der Waals surface area contributed by atoms with E-state index >= 15 is 0 Å². The fraction of sp³-hybridized carbons (Fsp3) is 0.529. The van der Waals surface area contributed by atoms with Gasteiger partial charge in [-0.1, -0.05) is 38.3 Å². The van der Waals surface area contributed by atoms with Crippen LogP contribution in [0.1, 0.15) is 51.1 Å². The SMILES string of the molecule is CCCCC(CNCCC)c1csc(Nc2ccc(Cl)cn2)n1. The zero-order chi connectivity index (χ0) is 16.5. The predicted molar refractivity (Wildman–Crippen MR) is 100 cm³/mol. The quantitative estimate of drug-likeness (QED) is 0.576. The van der Waals surface area contributed by atoms with E-state index in [0.717, 1.165) is 30.5 Å². The van der Waals surface area contributed by atoms with E-state index in [9.17, 15) is 0 Å². The van der Waals surface area contributed by atoms with E-state index in [1.807, 2.05) is 12.1 Å². The number of rotatable bonds is 10. The third-order valence-electron chi connectivity index (χ3n) is 3.63. The van der Waals surface area contributed by atoms with E-state index in [1.54, 1.807) is 17.5 Å². The number of nitrogens with one attached hydrogen (secondary N) is 2. The van der Waals surface area contributed by atoms with Crippen molar-refractivity contribution in [1.82, 2.24) is 15.3 Å². The summed E-state index contributed by atoms with van der Waals surface area (Å²) in [4.78, 5) is 9.00. The molecule has 0 aliphatic rings. The van der Waals surface area contributed by atoms with Crippen LogP contribution in [0, 0.1) is 0 Å². The summed E-state index contributed by atoms with van der Waals surface area (Å²) in [7, 11) is 0. The standard InChI is InChI=1S/C17H25ClN4S/c1-3-5-6-13(10-19-9-4-2)15-12-23-17(21-15)22-16-8-7-14(18)11-20-16/h7-8,11-13,19H,3-6,9-10H2,1-2H3,(H,20,21,22). The number of aromatic nitrogens is 2. The largest absolute Gasteiger partial charge is 0.316 e. The molecule has 0 aliphatic carbocycles. The number of thiazole rings is 1. The highest BCUT2D eigenvalue weighted by atomic mass is 35.5. The summed E-state index contributed by atoms with van der Waals surface area (Å²) < 4.78 is 0. The maximum absolute atomic E-state index is 5.86. The Bertz CT molecular complexity index is 570. The van der Waals surface area contributed by atoms with E-state index in [4.69, 9.17) is 16.6 Å². The Labute approximate surface area is 147 Å². The van der Waals surface area contributed by atoms with Gasteiger partial charge in [0, 0.05) is 24.0 Å². The summed E-state index contributed by atoms with van der Waals surface area (Å²) in [6, 6.07) is 3.69. The van der Waals surface area contributed by atoms with Gasteiger partial charge in [0.05, 0.1) is 10.7 Å². The summed E-state index contributed by atoms with van der Waals surface area (Å²) in [5.74, 6) is 1.25. The molecule has 0 amide bonds. The van der Waals surface area contributed by atoms with Crippen LogP contribution in [0.15, 0.2) is 23.7 Å². The molecule has 0 fully saturated rings. The number of hydrogen-bond donors (Lipinski definition) is 2. The van der Waals surface area contributed by atoms with Crippen LogP contribution in [0.2, 0.25) is 5.02 Å². The number of halogens is 1. The molecular formula is C17H25ClN4S. The van der Waals surface area contributed by atoms with Crippen molar-refractivity contribution in [3.63, 3.8) is 0 Å². The van der Waals surface area contributed by atoms with Gasteiger partial charge in [-0.2, -0.15) is 0 Å². The molecule has 1 atom stereocenters. The monoisotopic (exact) mass is 352 g/mol. The summed E-state index contributed by atoms with van der Waals surface area (Å²) in [6.07, 6.45) is 6.42. The minimum absolute atomic E-state index is 0.478. The second kappa shape index (κ2) is 9.85. The number of hydrogen-bond acceptors (Lipinski definition) is 5. The zero-order valence-corrected chi connectivity index (χ0v) is 15.4. The van der Waals surface area contributed by atoms with Crippen molar-refractivity contribution in [2.24, 2.45) is 0 Å². The molecule has 0 saturated heterocycles. The van der Waals surface area contributed by atoms with Crippen LogP contribution in [-0.4, -0.2) is 23.1 Å². The number of pyridine rings is 1. The molecule has 4 nitrogen and oxygen atoms in total. The lowest BCUT2D eigenvalue weighted by Crippen LogP contribution is -2.22. The Morgan fingerprint density at radius 1 is 1.26 bits per heavy atom. The van der Waals surface area contributed by atoms with Crippen LogP contribution in [0.4, 0.5) is 10.9 Å². The molecule has 0 aromatic carbocycles. The first-order chi connectivity index (χ1) is 11.2. The molecule has 2 N–H and O–H groups in total. The van der Waals surface area contributed by atoms with E-state index in [-0.39, 0.29) is 0 Å². The van der Waals surface area contributed by atoms with Crippen LogP contribution in [0.5, 0.6) is 0 Å². The van der Waals surface area contributed by atoms with Gasteiger partial charge in [-0.05, 0) is 31.5 Å². The molecule has 2 heterocycles. The van der Waals surface area contributed by atoms with E-state index in [2.05, 4.69) is 34.8 Å². The van der Waals surface area contributed by atoms with Gasteiger partial charge >= 0.3 is 0 Å². The average molecular weight is 353 g/mol. The molecule has 1 unspecified atom stereocenters. The molecule has 126 valence electrons. The first-order valence-corrected chi connectivity index (χ1v) is 9.53. The molecule has 0 bridgehead atoms. The normalized spacial score (nSPS) is 12.3. The lowest BCUT2D eigenvalue weighted by Gasteiger charge is -2.15. The van der Waals surface area contributed by atoms with Crippen molar-refractivity contribution in [3.05, 3.63) is 34.4 Å². The summed E-state index contributed by atoms with van der Waals surface area (Å²) in [5, 5.41) is 10.4. The van der Waals surface area contributed by atoms with Crippen molar-refractivity contribution in [2.45, 2.75) is 45.4 Å². The van der Waals surface area contributed by atoms with Gasteiger partial charge in [0.15, 0.2) is 5.13 Å². The van der Waals surface area contributed by atoms with E-state index < -0.39 is 0 Å². The molecular weight excluding hydrogens is 328 g/mol. The summed E-state index contributed by atoms with van der Waals surface area (Å²) >= 11 is 7.49. The molecule has 23 heavy (non-hydrogen) atoms. The van der Waals surface area contributed by atoms with Gasteiger partial charge in [0.2, 0.25) is 0 Å². The molecule has 0 aliphatic heterocycles. The molecule has 6 heteroatoms. The maximum Gasteiger partial charge on any atom is 0.188 e. The second-order valence-electron chi connectivity index (χ2n) is 5.61. The van der Waals surface area contributed by atoms with Gasteiger partial charge in [-0.15, -0.1) is 11.3 Å². The van der Waals surface area contributed by atoms with Crippen molar-refractivity contribution in [2.75, 3.05) is 18.4 Å². The first kappa shape index (κ1) is 18.2. The van der Waals surface area contributed by atoms with Gasteiger partial charge in [0.25, 0.3) is 0 Å². The molecule has 0 radical (unpaired) electrons. The van der Waals surface area contributed by atoms with E-state index in [1.165, 1.54) is 25.0 Å². The lowest BCUT2D eigenvalue weighted by molar-refractivity contribution is 0.521. The fourth-order valence-corrected chi connectivity index (χ4v) is 3.26. The van der Waals surface area contributed by atoms with E-state index in [0.29, 0.717) is 10.9 Å². The Balaban J connectivity index is 1.99. The lowest BCUT2D eigenvalue weighted by atomic mass is 9.99. The third-order valence-corrected chi connectivity index (χ3v) is 4.63. The molecule has 0 spiro atoms. The van der Waals surface area contributed by atoms with Crippen LogP contribution in [0.3, 0.4) is 0 Å². The Morgan fingerprint density at radius 3 is 2.83 bits per heavy atom. The fourth-order valence-electron chi connectivity index (χ4n) is 2.35. The first-order valence-electron chi connectivity index (χ1n) is 8.27. The number of anilines is 2. The van der Waals surface area contributed by atoms with Gasteiger partial charge in [-0.3, -0.25) is 0 Å². The molecule has 0 saturated carbocycles. The summed E-state index contributed by atoms with van der Waals surface area (Å²) in [5.41, 5.74) is 1.17.